The Kier molecular flexibility index (Phi) is 4.30. The van der Waals surface area contributed by atoms with Crippen molar-refractivity contribution in [3.05, 3.63) is 48.4 Å². The molecule has 0 unspecified atom stereocenters. The Morgan fingerprint density at radius 3 is 2.73 bits per heavy atom. The molecule has 1 saturated carbocycles. The van der Waals surface area contributed by atoms with Crippen molar-refractivity contribution in [1.29, 1.82) is 0 Å². The quantitative estimate of drug-likeness (QED) is 0.700. The van der Waals surface area contributed by atoms with E-state index in [2.05, 4.69) is 20.4 Å². The van der Waals surface area contributed by atoms with Gasteiger partial charge in [0.05, 0.1) is 17.7 Å². The zero-order chi connectivity index (χ0) is 18.0. The molecular weight excluding hydrogens is 330 g/mol. The zero-order valence-electron chi connectivity index (χ0n) is 14.6. The van der Waals surface area contributed by atoms with Crippen LogP contribution in [0.4, 0.5) is 11.5 Å². The van der Waals surface area contributed by atoms with Crippen LogP contribution in [0.5, 0.6) is 5.75 Å². The maximum Gasteiger partial charge on any atom is 0.261 e. The summed E-state index contributed by atoms with van der Waals surface area (Å²) in [7, 11) is 0. The molecule has 26 heavy (non-hydrogen) atoms. The second kappa shape index (κ2) is 6.76. The Bertz CT molecular complexity index is 887. The van der Waals surface area contributed by atoms with Gasteiger partial charge in [-0.05, 0) is 62.6 Å². The fraction of sp³-hybridized carbons (Fsp3) is 0.316. The first-order chi connectivity index (χ1) is 12.7. The first kappa shape index (κ1) is 16.5. The number of anilines is 2. The number of nitrogens with two attached hydrogens (primary N) is 1. The predicted molar refractivity (Wildman–Crippen MR) is 98.1 cm³/mol. The molecule has 4 rings (SSSR count). The maximum absolute atomic E-state index is 6.29. The Morgan fingerprint density at radius 1 is 1.23 bits per heavy atom. The molecule has 1 aliphatic rings. The molecule has 0 radical (unpaired) electrons. The van der Waals surface area contributed by atoms with E-state index in [-0.39, 0.29) is 0 Å². The molecular formula is C19H21N5O2. The van der Waals surface area contributed by atoms with E-state index in [1.54, 1.807) is 6.20 Å². The van der Waals surface area contributed by atoms with Crippen molar-refractivity contribution >= 4 is 11.5 Å². The van der Waals surface area contributed by atoms with Crippen LogP contribution < -0.4 is 15.8 Å². The highest BCUT2D eigenvalue weighted by Crippen LogP contribution is 2.38. The topological polar surface area (TPSA) is 99.1 Å². The summed E-state index contributed by atoms with van der Waals surface area (Å²) < 4.78 is 10.9. The average Bonchev–Trinajstić information content (AvgIpc) is 3.12. The van der Waals surface area contributed by atoms with E-state index in [1.165, 1.54) is 0 Å². The minimum absolute atomic E-state index is 0.415. The molecule has 0 spiro atoms. The Hall–Kier alpha value is -2.93. The third kappa shape index (κ3) is 3.13. The molecule has 3 aromatic rings. The highest BCUT2D eigenvalue weighted by atomic mass is 16.5. The summed E-state index contributed by atoms with van der Waals surface area (Å²) in [5, 5.41) is 7.37. The average molecular weight is 351 g/mol. The van der Waals surface area contributed by atoms with E-state index in [0.717, 1.165) is 36.3 Å². The molecule has 0 atom stereocenters. The van der Waals surface area contributed by atoms with Gasteiger partial charge in [0.2, 0.25) is 0 Å². The number of rotatable bonds is 6. The molecule has 0 saturated heterocycles. The van der Waals surface area contributed by atoms with E-state index >= 15 is 0 Å². The van der Waals surface area contributed by atoms with Crippen molar-refractivity contribution in [3.63, 3.8) is 0 Å². The molecule has 1 aromatic carbocycles. The largest absolute Gasteiger partial charge is 0.494 e. The Morgan fingerprint density at radius 2 is 2.04 bits per heavy atom. The molecule has 0 aliphatic heterocycles. The van der Waals surface area contributed by atoms with Crippen LogP contribution in [-0.4, -0.2) is 21.7 Å². The molecule has 1 aliphatic carbocycles. The number of benzene rings is 1. The van der Waals surface area contributed by atoms with Gasteiger partial charge in [-0.1, -0.05) is 5.16 Å². The normalized spacial score (nSPS) is 15.3. The molecule has 2 aromatic heterocycles. The van der Waals surface area contributed by atoms with E-state index in [1.807, 2.05) is 43.3 Å². The lowest BCUT2D eigenvalue weighted by Crippen LogP contribution is -2.44. The van der Waals surface area contributed by atoms with Gasteiger partial charge in [-0.3, -0.25) is 0 Å². The minimum Gasteiger partial charge on any atom is -0.494 e. The van der Waals surface area contributed by atoms with Gasteiger partial charge in [0, 0.05) is 11.9 Å². The molecule has 3 N–H and O–H groups in total. The molecule has 7 nitrogen and oxygen atoms in total. The van der Waals surface area contributed by atoms with Gasteiger partial charge < -0.3 is 20.3 Å². The summed E-state index contributed by atoms with van der Waals surface area (Å²) in [6.07, 6.45) is 4.58. The molecule has 1 fully saturated rings. The summed E-state index contributed by atoms with van der Waals surface area (Å²) in [5.74, 6) is 2.45. The molecule has 0 bridgehead atoms. The van der Waals surface area contributed by atoms with Crippen LogP contribution in [0.15, 0.2) is 47.1 Å². The molecule has 2 heterocycles. The SMILES string of the molecule is CCOc1ccc(Nc2ncccc2-c2nc(C3(N)CCC3)no2)cc1. The maximum atomic E-state index is 6.29. The summed E-state index contributed by atoms with van der Waals surface area (Å²) in [6.45, 7) is 2.60. The lowest BCUT2D eigenvalue weighted by molar-refractivity contribution is 0.229. The van der Waals surface area contributed by atoms with E-state index in [9.17, 15) is 0 Å². The van der Waals surface area contributed by atoms with Crippen molar-refractivity contribution in [1.82, 2.24) is 15.1 Å². The van der Waals surface area contributed by atoms with Crippen molar-refractivity contribution < 1.29 is 9.26 Å². The fourth-order valence-electron chi connectivity index (χ4n) is 2.93. The van der Waals surface area contributed by atoms with Crippen LogP contribution in [0.1, 0.15) is 32.0 Å². The number of nitrogens with one attached hydrogen (secondary N) is 1. The Labute approximate surface area is 151 Å². The lowest BCUT2D eigenvalue weighted by Gasteiger charge is -2.34. The van der Waals surface area contributed by atoms with Crippen LogP contribution in [0.2, 0.25) is 0 Å². The standard InChI is InChI=1S/C19H21N5O2/c1-2-25-14-8-6-13(7-9-14)22-16-15(5-3-12-21-16)17-23-18(24-26-17)19(20)10-4-11-19/h3,5-9,12H,2,4,10-11,20H2,1H3,(H,21,22). The number of pyridine rings is 1. The van der Waals surface area contributed by atoms with Crippen molar-refractivity contribution in [3.8, 4) is 17.2 Å². The van der Waals surface area contributed by atoms with Crippen molar-refractivity contribution in [2.24, 2.45) is 5.73 Å². The second-order valence-corrected chi connectivity index (χ2v) is 6.41. The number of aromatic nitrogens is 3. The highest BCUT2D eigenvalue weighted by molar-refractivity contribution is 5.73. The van der Waals surface area contributed by atoms with Crippen LogP contribution >= 0.6 is 0 Å². The predicted octanol–water partition coefficient (Wildman–Crippen LogP) is 3.61. The zero-order valence-corrected chi connectivity index (χ0v) is 14.6. The van der Waals surface area contributed by atoms with Gasteiger partial charge in [0.15, 0.2) is 5.82 Å². The van der Waals surface area contributed by atoms with Gasteiger partial charge in [-0.2, -0.15) is 4.98 Å². The summed E-state index contributed by atoms with van der Waals surface area (Å²) in [4.78, 5) is 8.93. The van der Waals surface area contributed by atoms with Crippen molar-refractivity contribution in [2.75, 3.05) is 11.9 Å². The summed E-state index contributed by atoms with van der Waals surface area (Å²) >= 11 is 0. The van der Waals surface area contributed by atoms with Crippen LogP contribution in [0.25, 0.3) is 11.5 Å². The second-order valence-electron chi connectivity index (χ2n) is 6.41. The number of ether oxygens (including phenoxy) is 1. The van der Waals surface area contributed by atoms with Gasteiger partial charge in [0.25, 0.3) is 5.89 Å². The first-order valence-corrected chi connectivity index (χ1v) is 8.76. The molecule has 7 heteroatoms. The van der Waals surface area contributed by atoms with Gasteiger partial charge in [-0.25, -0.2) is 4.98 Å². The fourth-order valence-corrected chi connectivity index (χ4v) is 2.93. The number of nitrogens with zero attached hydrogens (tertiary/aromatic N) is 3. The highest BCUT2D eigenvalue weighted by Gasteiger charge is 2.39. The first-order valence-electron chi connectivity index (χ1n) is 8.76. The monoisotopic (exact) mass is 351 g/mol. The third-order valence-corrected chi connectivity index (χ3v) is 4.58. The van der Waals surface area contributed by atoms with Crippen LogP contribution in [0, 0.1) is 0 Å². The number of hydrogen-bond donors (Lipinski definition) is 2. The van der Waals surface area contributed by atoms with Gasteiger partial charge in [-0.15, -0.1) is 0 Å². The van der Waals surface area contributed by atoms with E-state index < -0.39 is 5.54 Å². The van der Waals surface area contributed by atoms with E-state index in [4.69, 9.17) is 15.0 Å². The van der Waals surface area contributed by atoms with Crippen LogP contribution in [0.3, 0.4) is 0 Å². The van der Waals surface area contributed by atoms with Gasteiger partial charge in [0.1, 0.15) is 11.6 Å². The third-order valence-electron chi connectivity index (χ3n) is 4.58. The minimum atomic E-state index is -0.452. The Balaban J connectivity index is 1.59. The van der Waals surface area contributed by atoms with E-state index in [0.29, 0.717) is 24.1 Å². The summed E-state index contributed by atoms with van der Waals surface area (Å²) in [6, 6.07) is 11.4. The van der Waals surface area contributed by atoms with Crippen LogP contribution in [-0.2, 0) is 5.54 Å². The lowest BCUT2D eigenvalue weighted by atomic mass is 9.77. The molecule has 0 amide bonds. The number of hydrogen-bond acceptors (Lipinski definition) is 7. The van der Waals surface area contributed by atoms with Crippen molar-refractivity contribution in [2.45, 2.75) is 31.7 Å². The summed E-state index contributed by atoms with van der Waals surface area (Å²) in [5.41, 5.74) is 7.47. The molecule has 134 valence electrons. The smallest absolute Gasteiger partial charge is 0.261 e. The van der Waals surface area contributed by atoms with Gasteiger partial charge >= 0.3 is 0 Å².